The van der Waals surface area contributed by atoms with Gasteiger partial charge in [-0.05, 0) is 74.9 Å². The summed E-state index contributed by atoms with van der Waals surface area (Å²) >= 11 is 0. The zero-order valence-corrected chi connectivity index (χ0v) is 19.8. The van der Waals surface area contributed by atoms with E-state index in [0.717, 1.165) is 37.1 Å². The average Bonchev–Trinajstić information content (AvgIpc) is 2.73. The molecule has 5 nitrogen and oxygen atoms in total. The first-order chi connectivity index (χ1) is 15.1. The minimum atomic E-state index is -4.06. The summed E-state index contributed by atoms with van der Waals surface area (Å²) in [4.78, 5) is 15.1. The number of nitrogens with zero attached hydrogens (tertiary/aromatic N) is 2. The lowest BCUT2D eigenvalue weighted by Gasteiger charge is -2.33. The van der Waals surface area contributed by atoms with E-state index in [1.165, 1.54) is 12.3 Å². The fourth-order valence-corrected chi connectivity index (χ4v) is 6.25. The van der Waals surface area contributed by atoms with E-state index in [9.17, 15) is 13.2 Å². The standard InChI is InChI=1S/C25H29FN2O3S/c1-5-27-15-24(32(30,31)19-10-17(3)9-18(4)11-19)25(29)20-12-21(26)23(13-22(20)27)28-8-6-7-16(2)14-28/h9-13,15-16H,5-8,14H2,1-4H3/t16-/m0/s1. The molecule has 2 heterocycles. The molecule has 4 rings (SSSR count). The van der Waals surface area contributed by atoms with Crippen LogP contribution in [0.4, 0.5) is 10.1 Å². The van der Waals surface area contributed by atoms with Crippen molar-refractivity contribution >= 4 is 26.4 Å². The molecule has 2 aromatic carbocycles. The largest absolute Gasteiger partial charge is 0.369 e. The number of aryl methyl sites for hydroxylation is 3. The number of rotatable bonds is 4. The van der Waals surface area contributed by atoms with Gasteiger partial charge in [-0.15, -0.1) is 0 Å². The monoisotopic (exact) mass is 456 g/mol. The van der Waals surface area contributed by atoms with Crippen molar-refractivity contribution in [3.05, 3.63) is 63.7 Å². The molecule has 7 heteroatoms. The summed E-state index contributed by atoms with van der Waals surface area (Å²) < 4.78 is 43.7. The molecule has 1 aliphatic rings. The number of anilines is 1. The van der Waals surface area contributed by atoms with Crippen molar-refractivity contribution in [2.45, 2.75) is 56.9 Å². The van der Waals surface area contributed by atoms with Crippen molar-refractivity contribution in [3.8, 4) is 0 Å². The molecule has 1 aromatic heterocycles. The van der Waals surface area contributed by atoms with Crippen LogP contribution in [0.3, 0.4) is 0 Å². The third kappa shape index (κ3) is 3.94. The molecular weight excluding hydrogens is 427 g/mol. The fraction of sp³-hybridized carbons (Fsp3) is 0.400. The average molecular weight is 457 g/mol. The van der Waals surface area contributed by atoms with Crippen LogP contribution < -0.4 is 10.3 Å². The number of fused-ring (bicyclic) bond motifs is 1. The number of benzene rings is 2. The Kier molecular flexibility index (Phi) is 5.88. The molecule has 1 aliphatic heterocycles. The normalized spacial score (nSPS) is 17.2. The molecule has 1 atom stereocenters. The van der Waals surface area contributed by atoms with Gasteiger partial charge in [-0.2, -0.15) is 0 Å². The van der Waals surface area contributed by atoms with Gasteiger partial charge >= 0.3 is 0 Å². The van der Waals surface area contributed by atoms with Gasteiger partial charge in [-0.1, -0.05) is 13.0 Å². The molecule has 0 spiro atoms. The summed E-state index contributed by atoms with van der Waals surface area (Å²) in [5, 5.41) is 0.0867. The van der Waals surface area contributed by atoms with E-state index in [0.29, 0.717) is 23.7 Å². The maximum Gasteiger partial charge on any atom is 0.211 e. The van der Waals surface area contributed by atoms with Crippen molar-refractivity contribution in [2.24, 2.45) is 5.92 Å². The van der Waals surface area contributed by atoms with Gasteiger partial charge in [0, 0.05) is 25.8 Å². The molecule has 170 valence electrons. The van der Waals surface area contributed by atoms with Gasteiger partial charge in [0.05, 0.1) is 21.5 Å². The first kappa shape index (κ1) is 22.5. The highest BCUT2D eigenvalue weighted by Gasteiger charge is 2.26. The molecule has 0 aliphatic carbocycles. The van der Waals surface area contributed by atoms with E-state index in [1.807, 2.05) is 31.7 Å². The molecular formula is C25H29FN2O3S. The Hall–Kier alpha value is -2.67. The summed E-state index contributed by atoms with van der Waals surface area (Å²) in [5.41, 5.74) is 1.95. The molecule has 0 saturated carbocycles. The van der Waals surface area contributed by atoms with Gasteiger partial charge in [0.25, 0.3) is 0 Å². The van der Waals surface area contributed by atoms with Crippen LogP contribution in [-0.2, 0) is 16.4 Å². The summed E-state index contributed by atoms with van der Waals surface area (Å²) in [6, 6.07) is 7.90. The lowest BCUT2D eigenvalue weighted by Crippen LogP contribution is -2.35. The van der Waals surface area contributed by atoms with Gasteiger partial charge in [-0.3, -0.25) is 4.79 Å². The predicted molar refractivity (Wildman–Crippen MR) is 126 cm³/mol. The third-order valence-electron chi connectivity index (χ3n) is 6.25. The van der Waals surface area contributed by atoms with Crippen LogP contribution in [0.5, 0.6) is 0 Å². The van der Waals surface area contributed by atoms with Crippen molar-refractivity contribution in [1.82, 2.24) is 4.57 Å². The van der Waals surface area contributed by atoms with Gasteiger partial charge in [-0.25, -0.2) is 12.8 Å². The van der Waals surface area contributed by atoms with Crippen LogP contribution in [0.15, 0.2) is 51.1 Å². The Morgan fingerprint density at radius 2 is 1.78 bits per heavy atom. The number of pyridine rings is 1. The predicted octanol–water partition coefficient (Wildman–Crippen LogP) is 4.85. The number of hydrogen-bond acceptors (Lipinski definition) is 4. The zero-order chi connectivity index (χ0) is 23.2. The van der Waals surface area contributed by atoms with Crippen molar-refractivity contribution in [3.63, 3.8) is 0 Å². The fourth-order valence-electron chi connectivity index (χ4n) is 4.69. The van der Waals surface area contributed by atoms with E-state index < -0.39 is 21.1 Å². The molecule has 0 N–H and O–H groups in total. The Balaban J connectivity index is 1.93. The lowest BCUT2D eigenvalue weighted by atomic mass is 9.99. The second kappa shape index (κ2) is 8.35. The first-order valence-electron chi connectivity index (χ1n) is 11.1. The Bertz CT molecular complexity index is 1340. The molecule has 1 fully saturated rings. The second-order valence-corrected chi connectivity index (χ2v) is 10.9. The van der Waals surface area contributed by atoms with Gasteiger partial charge in [0.2, 0.25) is 15.3 Å². The lowest BCUT2D eigenvalue weighted by molar-refractivity contribution is 0.442. The summed E-state index contributed by atoms with van der Waals surface area (Å²) in [7, 11) is -4.06. The molecule has 32 heavy (non-hydrogen) atoms. The number of halogens is 1. The van der Waals surface area contributed by atoms with E-state index in [2.05, 4.69) is 6.92 Å². The van der Waals surface area contributed by atoms with E-state index in [-0.39, 0.29) is 15.2 Å². The van der Waals surface area contributed by atoms with Gasteiger partial charge in [0.15, 0.2) is 0 Å². The third-order valence-corrected chi connectivity index (χ3v) is 7.98. The van der Waals surface area contributed by atoms with Crippen molar-refractivity contribution in [2.75, 3.05) is 18.0 Å². The summed E-state index contributed by atoms with van der Waals surface area (Å²) in [6.45, 7) is 9.64. The highest BCUT2D eigenvalue weighted by Crippen LogP contribution is 2.30. The van der Waals surface area contributed by atoms with Crippen LogP contribution >= 0.6 is 0 Å². The minimum Gasteiger partial charge on any atom is -0.369 e. The van der Waals surface area contributed by atoms with E-state index >= 15 is 4.39 Å². The first-order valence-corrected chi connectivity index (χ1v) is 12.5. The van der Waals surface area contributed by atoms with Gasteiger partial charge < -0.3 is 9.47 Å². The number of aromatic nitrogens is 1. The molecule has 3 aromatic rings. The number of piperidine rings is 1. The van der Waals surface area contributed by atoms with Crippen molar-refractivity contribution in [1.29, 1.82) is 0 Å². The zero-order valence-electron chi connectivity index (χ0n) is 19.0. The molecule has 0 amide bonds. The van der Waals surface area contributed by atoms with Crippen LogP contribution in [0.25, 0.3) is 10.9 Å². The summed E-state index contributed by atoms with van der Waals surface area (Å²) in [6.07, 6.45) is 3.51. The smallest absolute Gasteiger partial charge is 0.211 e. The quantitative estimate of drug-likeness (QED) is 0.563. The number of sulfone groups is 1. The van der Waals surface area contributed by atoms with Crippen LogP contribution in [-0.4, -0.2) is 26.1 Å². The van der Waals surface area contributed by atoms with Crippen LogP contribution in [0, 0.1) is 25.6 Å². The Morgan fingerprint density at radius 1 is 1.09 bits per heavy atom. The molecule has 0 bridgehead atoms. The van der Waals surface area contributed by atoms with Gasteiger partial charge in [0.1, 0.15) is 10.7 Å². The molecule has 1 saturated heterocycles. The van der Waals surface area contributed by atoms with E-state index in [4.69, 9.17) is 0 Å². The SMILES string of the molecule is CCn1cc(S(=O)(=O)c2cc(C)cc(C)c2)c(=O)c2cc(F)c(N3CCC[C@H](C)C3)cc21. The molecule has 0 unspecified atom stereocenters. The maximum absolute atomic E-state index is 15.2. The summed E-state index contributed by atoms with van der Waals surface area (Å²) in [5.74, 6) is -0.0233. The minimum absolute atomic E-state index is 0.0773. The second-order valence-electron chi connectivity index (χ2n) is 8.95. The molecule has 0 radical (unpaired) electrons. The Morgan fingerprint density at radius 3 is 2.41 bits per heavy atom. The maximum atomic E-state index is 15.2. The van der Waals surface area contributed by atoms with Crippen molar-refractivity contribution < 1.29 is 12.8 Å². The van der Waals surface area contributed by atoms with E-state index in [1.54, 1.807) is 22.8 Å². The van der Waals surface area contributed by atoms with Crippen LogP contribution in [0.1, 0.15) is 37.8 Å². The Labute approximate surface area is 188 Å². The highest BCUT2D eigenvalue weighted by atomic mass is 32.2. The topological polar surface area (TPSA) is 59.4 Å². The van der Waals surface area contributed by atoms with Crippen LogP contribution in [0.2, 0.25) is 0 Å². The number of hydrogen-bond donors (Lipinski definition) is 0. The highest BCUT2D eigenvalue weighted by molar-refractivity contribution is 7.91.